The number of aromatic nitrogens is 5. The number of imidazole rings is 1. The minimum atomic E-state index is -1.07. The van der Waals surface area contributed by atoms with Crippen molar-refractivity contribution in [1.29, 1.82) is 0 Å². The summed E-state index contributed by atoms with van der Waals surface area (Å²) < 4.78 is 16.6. The lowest BCUT2D eigenvalue weighted by Crippen LogP contribution is -2.15. The zero-order valence-corrected chi connectivity index (χ0v) is 14.7. The summed E-state index contributed by atoms with van der Waals surface area (Å²) in [5.41, 5.74) is 3.33. The zero-order chi connectivity index (χ0) is 18.5. The third-order valence-corrected chi connectivity index (χ3v) is 4.22. The van der Waals surface area contributed by atoms with E-state index >= 15 is 0 Å². The average Bonchev–Trinajstić information content (AvgIpc) is 3.18. The van der Waals surface area contributed by atoms with E-state index in [-0.39, 0.29) is 5.82 Å². The number of rotatable bonds is 3. The van der Waals surface area contributed by atoms with Crippen LogP contribution in [0, 0.1) is 5.82 Å². The van der Waals surface area contributed by atoms with E-state index in [9.17, 15) is 9.50 Å². The molecule has 0 spiro atoms. The molecule has 6 nitrogen and oxygen atoms in total. The molecule has 0 fully saturated rings. The Morgan fingerprint density at radius 2 is 1.77 bits per heavy atom. The molecule has 0 atom stereocenters. The van der Waals surface area contributed by atoms with E-state index in [1.165, 1.54) is 12.1 Å². The summed E-state index contributed by atoms with van der Waals surface area (Å²) in [5, 5.41) is 19.1. The third kappa shape index (κ3) is 2.76. The van der Waals surface area contributed by atoms with Gasteiger partial charge in [0.05, 0.1) is 11.9 Å². The van der Waals surface area contributed by atoms with E-state index in [0.29, 0.717) is 11.3 Å². The van der Waals surface area contributed by atoms with Gasteiger partial charge in [-0.15, -0.1) is 0 Å². The highest BCUT2D eigenvalue weighted by molar-refractivity contribution is 5.87. The topological polar surface area (TPSA) is 68.2 Å². The number of aliphatic hydroxyl groups is 1. The standard InChI is InChI=1S/C19H18FN5O/c1-19(2,26)16-11-25-18(22-16)14(8-9-21-25)15-10-24(3)23-17(15)12-4-6-13(20)7-5-12/h4-11,26H,1-3H3. The minimum absolute atomic E-state index is 0.291. The lowest BCUT2D eigenvalue weighted by molar-refractivity contribution is 0.0744. The van der Waals surface area contributed by atoms with E-state index in [1.54, 1.807) is 47.6 Å². The first kappa shape index (κ1) is 16.4. The molecular weight excluding hydrogens is 333 g/mol. The van der Waals surface area contributed by atoms with E-state index in [1.807, 2.05) is 19.3 Å². The highest BCUT2D eigenvalue weighted by Crippen LogP contribution is 2.33. The number of nitrogens with zero attached hydrogens (tertiary/aromatic N) is 5. The lowest BCUT2D eigenvalue weighted by atomic mass is 10.0. The van der Waals surface area contributed by atoms with Crippen LogP contribution in [0.2, 0.25) is 0 Å². The normalized spacial score (nSPS) is 12.0. The third-order valence-electron chi connectivity index (χ3n) is 4.22. The molecule has 0 saturated carbocycles. The van der Waals surface area contributed by atoms with Gasteiger partial charge in [0.25, 0.3) is 0 Å². The fourth-order valence-corrected chi connectivity index (χ4v) is 2.91. The Morgan fingerprint density at radius 1 is 1.04 bits per heavy atom. The number of halogens is 1. The van der Waals surface area contributed by atoms with Gasteiger partial charge in [0.15, 0.2) is 5.65 Å². The van der Waals surface area contributed by atoms with Gasteiger partial charge in [-0.05, 0) is 44.2 Å². The van der Waals surface area contributed by atoms with Gasteiger partial charge < -0.3 is 5.11 Å². The van der Waals surface area contributed by atoms with E-state index in [0.717, 1.165) is 22.4 Å². The summed E-state index contributed by atoms with van der Waals surface area (Å²) in [5.74, 6) is -0.291. The Balaban J connectivity index is 1.94. The van der Waals surface area contributed by atoms with Crippen LogP contribution in [0.1, 0.15) is 19.5 Å². The largest absolute Gasteiger partial charge is 0.384 e. The van der Waals surface area contributed by atoms with Crippen LogP contribution in [-0.4, -0.2) is 29.5 Å². The quantitative estimate of drug-likeness (QED) is 0.616. The van der Waals surface area contributed by atoms with Crippen molar-refractivity contribution < 1.29 is 9.50 Å². The highest BCUT2D eigenvalue weighted by atomic mass is 19.1. The maximum Gasteiger partial charge on any atom is 0.161 e. The number of fused-ring (bicyclic) bond motifs is 1. The van der Waals surface area contributed by atoms with Crippen LogP contribution in [0.25, 0.3) is 28.0 Å². The fraction of sp³-hybridized carbons (Fsp3) is 0.211. The summed E-state index contributed by atoms with van der Waals surface area (Å²) in [4.78, 5) is 4.57. The summed E-state index contributed by atoms with van der Waals surface area (Å²) >= 11 is 0. The average molecular weight is 351 g/mol. The molecule has 0 unspecified atom stereocenters. The fourth-order valence-electron chi connectivity index (χ4n) is 2.91. The molecule has 0 aliphatic rings. The monoisotopic (exact) mass is 351 g/mol. The second kappa shape index (κ2) is 5.74. The van der Waals surface area contributed by atoms with Crippen LogP contribution < -0.4 is 0 Å². The molecule has 0 aliphatic heterocycles. The summed E-state index contributed by atoms with van der Waals surface area (Å²) in [6, 6.07) is 8.09. The first-order valence-corrected chi connectivity index (χ1v) is 8.20. The molecule has 7 heteroatoms. The van der Waals surface area contributed by atoms with Gasteiger partial charge in [-0.1, -0.05) is 0 Å². The van der Waals surface area contributed by atoms with Crippen LogP contribution >= 0.6 is 0 Å². The lowest BCUT2D eigenvalue weighted by Gasteiger charge is -2.12. The second-order valence-corrected chi connectivity index (χ2v) is 6.77. The van der Waals surface area contributed by atoms with E-state index in [4.69, 9.17) is 0 Å². The molecule has 0 bridgehead atoms. The Hall–Kier alpha value is -3.06. The molecule has 0 radical (unpaired) electrons. The van der Waals surface area contributed by atoms with Gasteiger partial charge in [-0.2, -0.15) is 10.2 Å². The molecule has 4 rings (SSSR count). The van der Waals surface area contributed by atoms with Gasteiger partial charge >= 0.3 is 0 Å². The van der Waals surface area contributed by atoms with Crippen molar-refractivity contribution in [3.8, 4) is 22.4 Å². The molecule has 3 aromatic heterocycles. The second-order valence-electron chi connectivity index (χ2n) is 6.77. The van der Waals surface area contributed by atoms with Crippen molar-refractivity contribution in [3.05, 3.63) is 60.4 Å². The van der Waals surface area contributed by atoms with Gasteiger partial charge in [0, 0.05) is 36.1 Å². The van der Waals surface area contributed by atoms with Gasteiger partial charge in [-0.25, -0.2) is 13.9 Å². The van der Waals surface area contributed by atoms with Crippen LogP contribution in [-0.2, 0) is 12.6 Å². The van der Waals surface area contributed by atoms with Gasteiger partial charge in [0.1, 0.15) is 17.1 Å². The molecule has 26 heavy (non-hydrogen) atoms. The minimum Gasteiger partial charge on any atom is -0.384 e. The first-order valence-electron chi connectivity index (χ1n) is 8.20. The van der Waals surface area contributed by atoms with Crippen molar-refractivity contribution in [2.75, 3.05) is 0 Å². The predicted octanol–water partition coefficient (Wildman–Crippen LogP) is 3.16. The SMILES string of the molecule is Cn1cc(-c2ccnn3cc(C(C)(C)O)nc23)c(-c2ccc(F)cc2)n1. The Labute approximate surface area is 149 Å². The molecule has 4 aromatic rings. The maximum atomic E-state index is 13.3. The van der Waals surface area contributed by atoms with Crippen molar-refractivity contribution in [2.45, 2.75) is 19.4 Å². The molecule has 0 amide bonds. The molecule has 1 aromatic carbocycles. The molecular formula is C19H18FN5O. The van der Waals surface area contributed by atoms with Crippen LogP contribution in [0.15, 0.2) is 48.9 Å². The summed E-state index contributed by atoms with van der Waals surface area (Å²) in [7, 11) is 1.84. The number of benzene rings is 1. The van der Waals surface area contributed by atoms with Crippen molar-refractivity contribution in [3.63, 3.8) is 0 Å². The van der Waals surface area contributed by atoms with Gasteiger partial charge in [0.2, 0.25) is 0 Å². The zero-order valence-electron chi connectivity index (χ0n) is 14.7. The maximum absolute atomic E-state index is 13.3. The molecule has 132 valence electrons. The number of aryl methyl sites for hydroxylation is 1. The van der Waals surface area contributed by atoms with Crippen LogP contribution in [0.5, 0.6) is 0 Å². The Bertz CT molecular complexity index is 1090. The van der Waals surface area contributed by atoms with Crippen LogP contribution in [0.4, 0.5) is 4.39 Å². The van der Waals surface area contributed by atoms with E-state index < -0.39 is 5.60 Å². The van der Waals surface area contributed by atoms with Crippen molar-refractivity contribution in [1.82, 2.24) is 24.4 Å². The van der Waals surface area contributed by atoms with Crippen molar-refractivity contribution in [2.24, 2.45) is 7.05 Å². The summed E-state index contributed by atoms with van der Waals surface area (Å²) in [6.07, 6.45) is 5.29. The van der Waals surface area contributed by atoms with E-state index in [2.05, 4.69) is 15.2 Å². The molecule has 0 saturated heterocycles. The number of hydrogen-bond acceptors (Lipinski definition) is 4. The predicted molar refractivity (Wildman–Crippen MR) is 95.8 cm³/mol. The molecule has 1 N–H and O–H groups in total. The first-order chi connectivity index (χ1) is 12.3. The van der Waals surface area contributed by atoms with Crippen LogP contribution in [0.3, 0.4) is 0 Å². The molecule has 3 heterocycles. The van der Waals surface area contributed by atoms with Crippen molar-refractivity contribution >= 4 is 5.65 Å². The Morgan fingerprint density at radius 3 is 2.46 bits per heavy atom. The highest BCUT2D eigenvalue weighted by Gasteiger charge is 2.23. The Kier molecular flexibility index (Phi) is 3.62. The summed E-state index contributed by atoms with van der Waals surface area (Å²) in [6.45, 7) is 3.37. The number of hydrogen-bond donors (Lipinski definition) is 1. The smallest absolute Gasteiger partial charge is 0.161 e. The molecule has 0 aliphatic carbocycles. The van der Waals surface area contributed by atoms with Gasteiger partial charge in [-0.3, -0.25) is 4.68 Å².